The van der Waals surface area contributed by atoms with Gasteiger partial charge in [0.05, 0.1) is 17.1 Å². The van der Waals surface area contributed by atoms with Crippen molar-refractivity contribution in [3.8, 4) is 11.5 Å². The van der Waals surface area contributed by atoms with Crippen LogP contribution in [0.4, 0.5) is 5.69 Å². The van der Waals surface area contributed by atoms with Crippen LogP contribution in [0, 0.1) is 0 Å². The van der Waals surface area contributed by atoms with E-state index in [9.17, 15) is 4.79 Å². The number of thiocarbonyl (C=S) groups is 1. The Morgan fingerprint density at radius 2 is 1.77 bits per heavy atom. The number of fused-ring (bicyclic) bond motifs is 2. The van der Waals surface area contributed by atoms with Crippen molar-refractivity contribution in [1.29, 1.82) is 0 Å². The number of thioether (sulfide) groups is 1. The molecular weight excluding hydrogens is 523 g/mol. The minimum Gasteiger partial charge on any atom is -0.454 e. The lowest BCUT2D eigenvalue weighted by atomic mass is 10.1. The molecule has 1 fully saturated rings. The van der Waals surface area contributed by atoms with Crippen LogP contribution in [-0.2, 0) is 11.3 Å². The van der Waals surface area contributed by atoms with Gasteiger partial charge < -0.3 is 14.0 Å². The van der Waals surface area contributed by atoms with Crippen molar-refractivity contribution in [2.75, 3.05) is 11.7 Å². The van der Waals surface area contributed by atoms with Crippen molar-refractivity contribution >= 4 is 80.1 Å². The van der Waals surface area contributed by atoms with E-state index in [0.29, 0.717) is 43.0 Å². The van der Waals surface area contributed by atoms with Crippen molar-refractivity contribution in [2.24, 2.45) is 0 Å². The summed E-state index contributed by atoms with van der Waals surface area (Å²) in [5, 5.41) is 2.24. The van der Waals surface area contributed by atoms with Crippen LogP contribution in [-0.4, -0.2) is 21.6 Å². The average molecular weight is 539 g/mol. The standard InChI is InChI=1S/C26H16Cl2N2O3S2/c27-19-5-3-6-20(28)18(19)13-29-12-15(17-4-1-2-7-21(17)29)10-24-25(31)30(26(34)35-24)16-8-9-22-23(11-16)33-14-32-22/h1-12H,13-14H2/b24-10-. The van der Waals surface area contributed by atoms with Gasteiger partial charge in [-0.05, 0) is 36.4 Å². The second-order valence-electron chi connectivity index (χ2n) is 7.98. The van der Waals surface area contributed by atoms with Gasteiger partial charge in [0.1, 0.15) is 0 Å². The molecule has 5 nitrogen and oxygen atoms in total. The van der Waals surface area contributed by atoms with Gasteiger partial charge in [-0.3, -0.25) is 9.69 Å². The van der Waals surface area contributed by atoms with Crippen LogP contribution in [0.1, 0.15) is 11.1 Å². The van der Waals surface area contributed by atoms with Gasteiger partial charge in [-0.15, -0.1) is 0 Å². The van der Waals surface area contributed by atoms with Crippen LogP contribution in [0.5, 0.6) is 11.5 Å². The maximum Gasteiger partial charge on any atom is 0.270 e. The Balaban J connectivity index is 1.37. The summed E-state index contributed by atoms with van der Waals surface area (Å²) in [6.45, 7) is 0.672. The molecular formula is C26H16Cl2N2O3S2. The third kappa shape index (κ3) is 3.98. The Bertz CT molecular complexity index is 1540. The van der Waals surface area contributed by atoms with Crippen LogP contribution in [0.3, 0.4) is 0 Å². The number of aromatic nitrogens is 1. The fourth-order valence-corrected chi connectivity index (χ4v) is 6.04. The fourth-order valence-electron chi connectivity index (χ4n) is 4.23. The summed E-state index contributed by atoms with van der Waals surface area (Å²) >= 11 is 19.7. The topological polar surface area (TPSA) is 43.7 Å². The number of carbonyl (C=O) groups is 1. The maximum atomic E-state index is 13.4. The number of anilines is 1. The Kier molecular flexibility index (Phi) is 5.73. The Labute approximate surface area is 220 Å². The van der Waals surface area contributed by atoms with Gasteiger partial charge in [-0.2, -0.15) is 0 Å². The summed E-state index contributed by atoms with van der Waals surface area (Å²) in [4.78, 5) is 15.5. The predicted molar refractivity (Wildman–Crippen MR) is 146 cm³/mol. The second-order valence-corrected chi connectivity index (χ2v) is 10.5. The van der Waals surface area contributed by atoms with Crippen molar-refractivity contribution in [1.82, 2.24) is 4.57 Å². The first-order chi connectivity index (χ1) is 17.0. The van der Waals surface area contributed by atoms with Crippen molar-refractivity contribution in [3.05, 3.63) is 92.9 Å². The average Bonchev–Trinajstić information content (AvgIpc) is 3.53. The molecule has 0 bridgehead atoms. The second kappa shape index (κ2) is 8.91. The van der Waals surface area contributed by atoms with Crippen molar-refractivity contribution in [3.63, 3.8) is 0 Å². The molecule has 0 spiro atoms. The van der Waals surface area contributed by atoms with E-state index in [4.69, 9.17) is 44.9 Å². The molecule has 0 radical (unpaired) electrons. The highest BCUT2D eigenvalue weighted by Crippen LogP contribution is 2.41. The summed E-state index contributed by atoms with van der Waals surface area (Å²) in [7, 11) is 0. The molecule has 0 N–H and O–H groups in total. The highest BCUT2D eigenvalue weighted by Gasteiger charge is 2.34. The van der Waals surface area contributed by atoms with E-state index in [1.807, 2.05) is 54.7 Å². The summed E-state index contributed by atoms with van der Waals surface area (Å²) < 4.78 is 13.4. The van der Waals surface area contributed by atoms with Gasteiger partial charge in [-0.25, -0.2) is 0 Å². The van der Waals surface area contributed by atoms with Gasteiger partial charge in [0.15, 0.2) is 15.8 Å². The number of nitrogens with zero attached hydrogens (tertiary/aromatic N) is 2. The molecule has 9 heteroatoms. The third-order valence-electron chi connectivity index (χ3n) is 5.90. The number of carbonyl (C=O) groups excluding carboxylic acids is 1. The highest BCUT2D eigenvalue weighted by atomic mass is 35.5. The van der Waals surface area contributed by atoms with Crippen molar-refractivity contribution < 1.29 is 14.3 Å². The van der Waals surface area contributed by atoms with Crippen LogP contribution in [0.15, 0.2) is 71.8 Å². The summed E-state index contributed by atoms with van der Waals surface area (Å²) in [5.74, 6) is 1.08. The molecule has 6 rings (SSSR count). The third-order valence-corrected chi connectivity index (χ3v) is 7.91. The predicted octanol–water partition coefficient (Wildman–Crippen LogP) is 7.13. The van der Waals surface area contributed by atoms with Crippen LogP contribution < -0.4 is 14.4 Å². The fraction of sp³-hybridized carbons (Fsp3) is 0.0769. The van der Waals surface area contributed by atoms with Gasteiger partial charge in [0.25, 0.3) is 5.91 Å². The zero-order valence-corrected chi connectivity index (χ0v) is 21.2. The van der Waals surface area contributed by atoms with E-state index < -0.39 is 0 Å². The largest absolute Gasteiger partial charge is 0.454 e. The van der Waals surface area contributed by atoms with E-state index in [1.54, 1.807) is 18.2 Å². The summed E-state index contributed by atoms with van der Waals surface area (Å²) in [6.07, 6.45) is 3.90. The molecule has 35 heavy (non-hydrogen) atoms. The number of hydrogen-bond donors (Lipinski definition) is 0. The molecule has 3 heterocycles. The first-order valence-corrected chi connectivity index (χ1v) is 12.7. The van der Waals surface area contributed by atoms with Gasteiger partial charge >= 0.3 is 0 Å². The molecule has 2 aliphatic heterocycles. The first kappa shape index (κ1) is 22.5. The van der Waals surface area contributed by atoms with E-state index >= 15 is 0 Å². The molecule has 2 aliphatic rings. The lowest BCUT2D eigenvalue weighted by Crippen LogP contribution is -2.27. The normalized spacial score (nSPS) is 16.2. The summed E-state index contributed by atoms with van der Waals surface area (Å²) in [5.41, 5.74) is 3.42. The number of halogens is 2. The summed E-state index contributed by atoms with van der Waals surface area (Å²) in [6, 6.07) is 18.9. The molecule has 1 saturated heterocycles. The zero-order chi connectivity index (χ0) is 24.1. The van der Waals surface area contributed by atoms with E-state index in [2.05, 4.69) is 4.57 Å². The molecule has 3 aromatic carbocycles. The Morgan fingerprint density at radius 1 is 1.00 bits per heavy atom. The van der Waals surface area contributed by atoms with E-state index in [-0.39, 0.29) is 12.7 Å². The van der Waals surface area contributed by atoms with E-state index in [1.165, 1.54) is 16.7 Å². The first-order valence-electron chi connectivity index (χ1n) is 10.7. The molecule has 0 atom stereocenters. The lowest BCUT2D eigenvalue weighted by molar-refractivity contribution is -0.113. The number of hydrogen-bond acceptors (Lipinski definition) is 5. The van der Waals surface area contributed by atoms with Crippen molar-refractivity contribution in [2.45, 2.75) is 6.54 Å². The van der Waals surface area contributed by atoms with Crippen LogP contribution in [0.25, 0.3) is 17.0 Å². The van der Waals surface area contributed by atoms with Gasteiger partial charge in [-0.1, -0.05) is 71.4 Å². The minimum absolute atomic E-state index is 0.167. The lowest BCUT2D eigenvalue weighted by Gasteiger charge is -2.14. The van der Waals surface area contributed by atoms with Gasteiger partial charge in [0, 0.05) is 44.3 Å². The smallest absolute Gasteiger partial charge is 0.270 e. The SMILES string of the molecule is O=C1/C(=C/c2cn(Cc3c(Cl)cccc3Cl)c3ccccc23)SC(=S)N1c1ccc2c(c1)OCO2. The van der Waals surface area contributed by atoms with Crippen LogP contribution >= 0.6 is 47.2 Å². The van der Waals surface area contributed by atoms with Gasteiger partial charge in [0.2, 0.25) is 6.79 Å². The Morgan fingerprint density at radius 3 is 2.60 bits per heavy atom. The minimum atomic E-state index is -0.176. The Hall–Kier alpha value is -2.97. The number of rotatable bonds is 4. The number of para-hydroxylation sites is 1. The number of benzene rings is 3. The maximum absolute atomic E-state index is 13.4. The van der Waals surface area contributed by atoms with E-state index in [0.717, 1.165) is 22.0 Å². The molecule has 0 saturated carbocycles. The monoisotopic (exact) mass is 538 g/mol. The molecule has 0 aliphatic carbocycles. The van der Waals surface area contributed by atoms with Crippen LogP contribution in [0.2, 0.25) is 10.0 Å². The number of amides is 1. The highest BCUT2D eigenvalue weighted by molar-refractivity contribution is 8.27. The molecule has 174 valence electrons. The molecule has 0 unspecified atom stereocenters. The number of ether oxygens (including phenoxy) is 2. The molecule has 1 amide bonds. The molecule has 1 aromatic heterocycles. The zero-order valence-electron chi connectivity index (χ0n) is 18.0. The quantitative estimate of drug-likeness (QED) is 0.204. The molecule has 4 aromatic rings.